The van der Waals surface area contributed by atoms with E-state index in [1.54, 1.807) is 60.7 Å². The van der Waals surface area contributed by atoms with E-state index in [9.17, 15) is 31.9 Å². The van der Waals surface area contributed by atoms with Crippen LogP contribution in [0, 0.1) is 23.3 Å². The van der Waals surface area contributed by atoms with E-state index >= 15 is 0 Å². The lowest BCUT2D eigenvalue weighted by Gasteiger charge is -2.13. The zero-order valence-corrected chi connectivity index (χ0v) is 24.3. The predicted octanol–water partition coefficient (Wildman–Crippen LogP) is 6.45. The van der Waals surface area contributed by atoms with Crippen LogP contribution in [0.25, 0.3) is 6.08 Å². The summed E-state index contributed by atoms with van der Waals surface area (Å²) < 4.78 is 54.4. The lowest BCUT2D eigenvalue weighted by Crippen LogP contribution is -2.30. The molecule has 0 aliphatic heterocycles. The number of nitrogens with zero attached hydrogens (tertiary/aromatic N) is 1. The molecule has 0 fully saturated rings. The molecule has 0 saturated heterocycles. The van der Waals surface area contributed by atoms with E-state index in [4.69, 9.17) is 0 Å². The number of nitrogens with one attached hydrogen (secondary N) is 3. The molecule has 44 heavy (non-hydrogen) atoms. The molecule has 0 heterocycles. The molecule has 3 amide bonds. The molecule has 0 radical (unpaired) electrons. The molecule has 4 aromatic carbocycles. The van der Waals surface area contributed by atoms with Crippen molar-refractivity contribution in [3.05, 3.63) is 125 Å². The molecular formula is C32H26F4N4O3S. The van der Waals surface area contributed by atoms with E-state index in [1.165, 1.54) is 0 Å². The van der Waals surface area contributed by atoms with Crippen molar-refractivity contribution in [3.8, 4) is 0 Å². The van der Waals surface area contributed by atoms with Crippen molar-refractivity contribution in [2.45, 2.75) is 4.90 Å². The third kappa shape index (κ3) is 8.26. The first-order chi connectivity index (χ1) is 21.0. The maximum Gasteiger partial charge on any atom is 0.272 e. The number of anilines is 3. The Morgan fingerprint density at radius 3 is 2.00 bits per heavy atom. The predicted molar refractivity (Wildman–Crippen MR) is 163 cm³/mol. The Morgan fingerprint density at radius 1 is 0.795 bits per heavy atom. The summed E-state index contributed by atoms with van der Waals surface area (Å²) in [7, 11) is 3.81. The van der Waals surface area contributed by atoms with Crippen LogP contribution in [-0.2, 0) is 9.59 Å². The van der Waals surface area contributed by atoms with Gasteiger partial charge in [-0.25, -0.2) is 17.6 Å². The van der Waals surface area contributed by atoms with Crippen molar-refractivity contribution < 1.29 is 31.9 Å². The molecule has 12 heteroatoms. The Bertz CT molecular complexity index is 1670. The van der Waals surface area contributed by atoms with Crippen LogP contribution in [0.4, 0.5) is 34.6 Å². The number of carbonyl (C=O) groups is 3. The van der Waals surface area contributed by atoms with Gasteiger partial charge >= 0.3 is 0 Å². The summed E-state index contributed by atoms with van der Waals surface area (Å²) in [6.45, 7) is 0. The smallest absolute Gasteiger partial charge is 0.272 e. The minimum atomic E-state index is -1.71. The Morgan fingerprint density at radius 2 is 1.41 bits per heavy atom. The fraction of sp³-hybridized carbons (Fsp3) is 0.0938. The highest BCUT2D eigenvalue weighted by Crippen LogP contribution is 2.26. The van der Waals surface area contributed by atoms with Gasteiger partial charge in [0.15, 0.2) is 23.3 Å². The second kappa shape index (κ2) is 14.4. The molecule has 0 aromatic heterocycles. The topological polar surface area (TPSA) is 90.5 Å². The minimum Gasteiger partial charge on any atom is -0.378 e. The van der Waals surface area contributed by atoms with Crippen LogP contribution < -0.4 is 20.9 Å². The summed E-state index contributed by atoms with van der Waals surface area (Å²) in [5.74, 6) is -8.96. The number of hydrogen-bond donors (Lipinski definition) is 3. The largest absolute Gasteiger partial charge is 0.378 e. The lowest BCUT2D eigenvalue weighted by atomic mass is 10.1. The first-order valence-electron chi connectivity index (χ1n) is 13.0. The summed E-state index contributed by atoms with van der Waals surface area (Å²) >= 11 is 0.984. The molecule has 0 atom stereocenters. The van der Waals surface area contributed by atoms with Gasteiger partial charge in [0, 0.05) is 42.0 Å². The first-order valence-corrected chi connectivity index (χ1v) is 14.0. The van der Waals surface area contributed by atoms with E-state index in [2.05, 4.69) is 10.6 Å². The second-order valence-corrected chi connectivity index (χ2v) is 10.6. The van der Waals surface area contributed by atoms with E-state index in [-0.39, 0.29) is 17.5 Å². The molecule has 3 N–H and O–H groups in total. The fourth-order valence-corrected chi connectivity index (χ4v) is 4.52. The zero-order valence-electron chi connectivity index (χ0n) is 23.5. The van der Waals surface area contributed by atoms with Crippen molar-refractivity contribution in [2.75, 3.05) is 35.4 Å². The van der Waals surface area contributed by atoms with Crippen LogP contribution in [0.5, 0.6) is 0 Å². The number of halogens is 4. The molecule has 7 nitrogen and oxygen atoms in total. The van der Waals surface area contributed by atoms with Crippen molar-refractivity contribution in [3.63, 3.8) is 0 Å². The maximum atomic E-state index is 13.8. The molecule has 0 aliphatic rings. The third-order valence-electron chi connectivity index (χ3n) is 6.11. The van der Waals surface area contributed by atoms with Gasteiger partial charge < -0.3 is 20.9 Å². The maximum absolute atomic E-state index is 13.8. The highest BCUT2D eigenvalue weighted by molar-refractivity contribution is 8.00. The molecule has 4 rings (SSSR count). The molecule has 0 unspecified atom stereocenters. The molecule has 0 spiro atoms. The molecule has 226 valence electrons. The van der Waals surface area contributed by atoms with E-state index in [1.807, 2.05) is 48.6 Å². The molecule has 0 bridgehead atoms. The van der Waals surface area contributed by atoms with Gasteiger partial charge in [-0.3, -0.25) is 14.4 Å². The highest BCUT2D eigenvalue weighted by Gasteiger charge is 2.21. The summed E-state index contributed by atoms with van der Waals surface area (Å²) in [5.41, 5.74) is 1.18. The molecule has 0 saturated carbocycles. The molecule has 0 aliphatic carbocycles. The lowest BCUT2D eigenvalue weighted by molar-refractivity contribution is -0.114. The quantitative estimate of drug-likeness (QED) is 0.0819. The van der Waals surface area contributed by atoms with Crippen LogP contribution >= 0.6 is 11.8 Å². The Balaban J connectivity index is 1.43. The second-order valence-electron chi connectivity index (χ2n) is 9.52. The van der Waals surface area contributed by atoms with Crippen molar-refractivity contribution >= 4 is 52.6 Å². The molecule has 4 aromatic rings. The van der Waals surface area contributed by atoms with Crippen LogP contribution in [-0.4, -0.2) is 37.6 Å². The fourth-order valence-electron chi connectivity index (χ4n) is 3.82. The van der Waals surface area contributed by atoms with Gasteiger partial charge in [-0.1, -0.05) is 30.3 Å². The van der Waals surface area contributed by atoms with E-state index in [0.29, 0.717) is 21.7 Å². The van der Waals surface area contributed by atoms with Gasteiger partial charge in [0.05, 0.1) is 5.75 Å². The summed E-state index contributed by atoms with van der Waals surface area (Å²) in [6, 6.07) is 22.1. The number of hydrogen-bond acceptors (Lipinski definition) is 5. The molecular weight excluding hydrogens is 596 g/mol. The van der Waals surface area contributed by atoms with Crippen molar-refractivity contribution in [1.82, 2.24) is 5.32 Å². The third-order valence-corrected chi connectivity index (χ3v) is 7.12. The van der Waals surface area contributed by atoms with Gasteiger partial charge in [-0.15, -0.1) is 11.8 Å². The van der Waals surface area contributed by atoms with Crippen LogP contribution in [0.2, 0.25) is 0 Å². The van der Waals surface area contributed by atoms with Crippen LogP contribution in [0.15, 0.2) is 95.5 Å². The van der Waals surface area contributed by atoms with E-state index in [0.717, 1.165) is 17.4 Å². The normalized spacial score (nSPS) is 11.1. The summed E-state index contributed by atoms with van der Waals surface area (Å²) in [4.78, 5) is 40.8. The summed E-state index contributed by atoms with van der Waals surface area (Å²) in [5, 5.41) is 7.24. The number of amides is 3. The average molecular weight is 623 g/mol. The highest BCUT2D eigenvalue weighted by atomic mass is 32.2. The van der Waals surface area contributed by atoms with Gasteiger partial charge in [0.25, 0.3) is 11.8 Å². The number of carbonyl (C=O) groups excluding carboxylic acids is 3. The summed E-state index contributed by atoms with van der Waals surface area (Å²) in [6.07, 6.45) is 1.55. The van der Waals surface area contributed by atoms with Crippen LogP contribution in [0.3, 0.4) is 0 Å². The van der Waals surface area contributed by atoms with Crippen LogP contribution in [0.1, 0.15) is 15.9 Å². The first kappa shape index (κ1) is 31.8. The average Bonchev–Trinajstić information content (AvgIpc) is 3.02. The minimum absolute atomic E-state index is 0.000159. The van der Waals surface area contributed by atoms with Gasteiger partial charge in [0.2, 0.25) is 5.91 Å². The van der Waals surface area contributed by atoms with Crippen molar-refractivity contribution in [1.29, 1.82) is 0 Å². The van der Waals surface area contributed by atoms with Gasteiger partial charge in [0.1, 0.15) is 11.4 Å². The van der Waals surface area contributed by atoms with Gasteiger partial charge in [-0.2, -0.15) is 0 Å². The zero-order chi connectivity index (χ0) is 31.8. The SMILES string of the molecule is CN(C)c1ccc(/C=C(\NC(=O)c2ccccc2)C(=O)Nc2ccc(SCC(=O)Nc3c(F)c(F)cc(F)c3F)cc2)cc1. The number of rotatable bonds is 10. The Hall–Kier alpha value is -5.10. The monoisotopic (exact) mass is 622 g/mol. The van der Waals surface area contributed by atoms with E-state index < -0.39 is 46.7 Å². The number of thioether (sulfide) groups is 1. The van der Waals surface area contributed by atoms with Gasteiger partial charge in [-0.05, 0) is 60.2 Å². The standard InChI is InChI=1S/C32H26F4N4O3S/c1-40(2)22-12-8-19(9-13-22)16-26(38-31(42)20-6-4-3-5-7-20)32(43)37-21-10-14-23(15-11-21)44-18-27(41)39-30-28(35)24(33)17-25(34)29(30)36/h3-17H,18H2,1-2H3,(H,37,43)(H,38,42)(H,39,41)/b26-16-. The number of benzene rings is 4. The Kier molecular flexibility index (Phi) is 10.4. The Labute approximate surface area is 255 Å². The van der Waals surface area contributed by atoms with Crippen molar-refractivity contribution in [2.24, 2.45) is 0 Å².